The van der Waals surface area contributed by atoms with E-state index in [2.05, 4.69) is 15.4 Å². The second kappa shape index (κ2) is 15.4. The van der Waals surface area contributed by atoms with Crippen molar-refractivity contribution in [3.05, 3.63) is 65.2 Å². The van der Waals surface area contributed by atoms with Gasteiger partial charge in [-0.15, -0.1) is 0 Å². The van der Waals surface area contributed by atoms with Crippen LogP contribution in [0.4, 0.5) is 0 Å². The molecule has 1 unspecified atom stereocenters. The van der Waals surface area contributed by atoms with E-state index in [4.69, 9.17) is 15.9 Å². The van der Waals surface area contributed by atoms with Crippen molar-refractivity contribution in [2.75, 3.05) is 18.6 Å². The Balaban J connectivity index is 2.12. The summed E-state index contributed by atoms with van der Waals surface area (Å²) in [6.45, 7) is 3.21. The average Bonchev–Trinajstić information content (AvgIpc) is 2.92. The van der Waals surface area contributed by atoms with E-state index < -0.39 is 46.0 Å². The number of esters is 1. The number of rotatable bonds is 15. The zero-order valence-electron chi connectivity index (χ0n) is 22.5. The Bertz CT molecular complexity index is 1280. The van der Waals surface area contributed by atoms with E-state index in [1.165, 1.54) is 43.0 Å². The number of benzene rings is 2. The number of hydrogen-bond donors (Lipinski definition) is 6. The highest BCUT2D eigenvalue weighted by molar-refractivity contribution is 7.98. The maximum atomic E-state index is 13.1. The van der Waals surface area contributed by atoms with Crippen molar-refractivity contribution < 1.29 is 32.6 Å². The molecular weight excluding hydrogens is 558 g/mol. The van der Waals surface area contributed by atoms with Crippen LogP contribution in [0.25, 0.3) is 0 Å². The Kier molecular flexibility index (Phi) is 12.6. The summed E-state index contributed by atoms with van der Waals surface area (Å²) in [4.78, 5) is 37.6. The quantitative estimate of drug-likeness (QED) is 0.0978. The summed E-state index contributed by atoms with van der Waals surface area (Å²) in [5.41, 5.74) is 6.90. The van der Waals surface area contributed by atoms with Gasteiger partial charge in [0.1, 0.15) is 17.9 Å². The molecule has 0 spiro atoms. The normalized spacial score (nSPS) is 13.5. The van der Waals surface area contributed by atoms with E-state index in [1.807, 2.05) is 6.26 Å². The molecule has 0 aliphatic rings. The third kappa shape index (κ3) is 9.62. The molecule has 2 rings (SSSR count). The molecule has 0 radical (unpaired) electrons. The van der Waals surface area contributed by atoms with Crippen LogP contribution in [0.15, 0.2) is 53.4 Å². The highest BCUT2D eigenvalue weighted by Gasteiger charge is 2.32. The number of amides is 2. The number of nitrogens with two attached hydrogens (primary N) is 1. The van der Waals surface area contributed by atoms with Crippen molar-refractivity contribution in [3.8, 4) is 0 Å². The molecule has 3 atom stereocenters. The van der Waals surface area contributed by atoms with Gasteiger partial charge in [-0.05, 0) is 62.1 Å². The molecule has 0 aromatic heterocycles. The summed E-state index contributed by atoms with van der Waals surface area (Å²) in [5.74, 6) is -1.52. The van der Waals surface area contributed by atoms with Gasteiger partial charge in [-0.3, -0.25) is 15.0 Å². The number of hydrogen-bond acceptors (Lipinski definition) is 9. The Hall–Kier alpha value is -3.46. The van der Waals surface area contributed by atoms with Crippen LogP contribution in [-0.2, 0) is 30.9 Å². The van der Waals surface area contributed by atoms with Crippen LogP contribution in [0.3, 0.4) is 0 Å². The number of sulfonamides is 1. The van der Waals surface area contributed by atoms with Crippen molar-refractivity contribution in [1.82, 2.24) is 15.4 Å². The Morgan fingerprint density at radius 3 is 2.17 bits per heavy atom. The number of amidine groups is 1. The van der Waals surface area contributed by atoms with Gasteiger partial charge in [0, 0.05) is 12.1 Å². The van der Waals surface area contributed by atoms with Gasteiger partial charge in [-0.1, -0.05) is 24.3 Å². The smallest absolute Gasteiger partial charge is 0.338 e. The van der Waals surface area contributed by atoms with Crippen LogP contribution in [-0.4, -0.2) is 73.9 Å². The molecule has 0 aliphatic heterocycles. The number of aliphatic hydroxyl groups is 1. The standard InChI is InChI=1S/C26H35N5O7S2/c1-4-38-26(35)19-9-11-20(12-10-19)40(36,37)31-22(16(2)32)25(34)30-21(13-14-39-3)24(33)29-15-17-5-7-18(8-6-17)23(27)28/h5-12,16,21-22,31-32H,4,13-15H2,1-3H3,(H3,27,28)(H,29,33)(H,30,34)/t16?,21-,22+/m0/s1. The molecule has 0 heterocycles. The lowest BCUT2D eigenvalue weighted by molar-refractivity contribution is -0.131. The van der Waals surface area contributed by atoms with E-state index in [-0.39, 0.29) is 35.9 Å². The molecule has 0 saturated carbocycles. The maximum absolute atomic E-state index is 13.1. The van der Waals surface area contributed by atoms with Crippen LogP contribution in [0.1, 0.15) is 41.8 Å². The Labute approximate surface area is 238 Å². The van der Waals surface area contributed by atoms with E-state index in [0.29, 0.717) is 11.3 Å². The second-order valence-electron chi connectivity index (χ2n) is 8.76. The molecule has 0 fully saturated rings. The van der Waals surface area contributed by atoms with Crippen LogP contribution in [0, 0.1) is 5.41 Å². The first-order valence-corrected chi connectivity index (χ1v) is 15.2. The first-order chi connectivity index (χ1) is 18.9. The van der Waals surface area contributed by atoms with Crippen LogP contribution < -0.4 is 21.1 Å². The summed E-state index contributed by atoms with van der Waals surface area (Å²) in [5, 5.41) is 23.0. The number of ether oxygens (including phenoxy) is 1. The highest BCUT2D eigenvalue weighted by atomic mass is 32.2. The maximum Gasteiger partial charge on any atom is 0.338 e. The Morgan fingerprint density at radius 1 is 1.05 bits per heavy atom. The Morgan fingerprint density at radius 2 is 1.65 bits per heavy atom. The van der Waals surface area contributed by atoms with Crippen molar-refractivity contribution in [1.29, 1.82) is 5.41 Å². The number of aliphatic hydroxyl groups excluding tert-OH is 1. The zero-order chi connectivity index (χ0) is 29.9. The first kappa shape index (κ1) is 32.8. The number of carbonyl (C=O) groups is 3. The number of nitrogens with one attached hydrogen (secondary N) is 4. The number of thioether (sulfide) groups is 1. The number of nitrogen functional groups attached to an aromatic ring is 1. The zero-order valence-corrected chi connectivity index (χ0v) is 24.1. The fourth-order valence-electron chi connectivity index (χ4n) is 3.47. The van der Waals surface area contributed by atoms with E-state index in [0.717, 1.165) is 5.56 Å². The third-order valence-electron chi connectivity index (χ3n) is 5.70. The molecule has 2 aromatic rings. The summed E-state index contributed by atoms with van der Waals surface area (Å²) in [6, 6.07) is 9.06. The minimum Gasteiger partial charge on any atom is -0.462 e. The minimum absolute atomic E-state index is 0.0765. The third-order valence-corrected chi connectivity index (χ3v) is 7.80. The van der Waals surface area contributed by atoms with Gasteiger partial charge in [-0.2, -0.15) is 16.5 Å². The summed E-state index contributed by atoms with van der Waals surface area (Å²) >= 11 is 1.46. The monoisotopic (exact) mass is 593 g/mol. The van der Waals surface area contributed by atoms with Gasteiger partial charge < -0.3 is 26.2 Å². The van der Waals surface area contributed by atoms with Crippen LogP contribution in [0.5, 0.6) is 0 Å². The highest BCUT2D eigenvalue weighted by Crippen LogP contribution is 2.13. The summed E-state index contributed by atoms with van der Waals surface area (Å²) in [6.07, 6.45) is 0.668. The minimum atomic E-state index is -4.28. The lowest BCUT2D eigenvalue weighted by atomic mass is 10.1. The average molecular weight is 594 g/mol. The lowest BCUT2D eigenvalue weighted by Crippen LogP contribution is -2.57. The van der Waals surface area contributed by atoms with Gasteiger partial charge in [0.05, 0.1) is 23.2 Å². The summed E-state index contributed by atoms with van der Waals surface area (Å²) in [7, 11) is -4.28. The topological polar surface area (TPSA) is 201 Å². The predicted octanol–water partition coefficient (Wildman–Crippen LogP) is 0.729. The summed E-state index contributed by atoms with van der Waals surface area (Å²) < 4.78 is 33.0. The molecule has 40 heavy (non-hydrogen) atoms. The first-order valence-electron chi connectivity index (χ1n) is 12.4. The number of carbonyl (C=O) groups excluding carboxylic acids is 3. The predicted molar refractivity (Wildman–Crippen MR) is 152 cm³/mol. The van der Waals surface area contributed by atoms with Crippen molar-refractivity contribution >= 4 is 45.4 Å². The van der Waals surface area contributed by atoms with E-state index >= 15 is 0 Å². The van der Waals surface area contributed by atoms with Crippen molar-refractivity contribution in [3.63, 3.8) is 0 Å². The van der Waals surface area contributed by atoms with Gasteiger partial charge in [-0.25, -0.2) is 13.2 Å². The van der Waals surface area contributed by atoms with Crippen LogP contribution in [0.2, 0.25) is 0 Å². The van der Waals surface area contributed by atoms with Crippen molar-refractivity contribution in [2.45, 2.75) is 49.9 Å². The van der Waals surface area contributed by atoms with Crippen LogP contribution >= 0.6 is 11.8 Å². The van der Waals surface area contributed by atoms with Gasteiger partial charge >= 0.3 is 5.97 Å². The van der Waals surface area contributed by atoms with E-state index in [9.17, 15) is 27.9 Å². The molecule has 218 valence electrons. The second-order valence-corrected chi connectivity index (χ2v) is 11.5. The fourth-order valence-corrected chi connectivity index (χ4v) is 5.21. The molecule has 14 heteroatoms. The molecule has 0 aliphatic carbocycles. The van der Waals surface area contributed by atoms with Gasteiger partial charge in [0.2, 0.25) is 21.8 Å². The molecule has 7 N–H and O–H groups in total. The van der Waals surface area contributed by atoms with E-state index in [1.54, 1.807) is 31.2 Å². The molecule has 2 aromatic carbocycles. The fraction of sp³-hybridized carbons (Fsp3) is 0.385. The largest absolute Gasteiger partial charge is 0.462 e. The lowest BCUT2D eigenvalue weighted by Gasteiger charge is -2.24. The molecule has 12 nitrogen and oxygen atoms in total. The van der Waals surface area contributed by atoms with Gasteiger partial charge in [0.15, 0.2) is 0 Å². The molecule has 0 saturated heterocycles. The SMILES string of the molecule is CCOC(=O)c1ccc(S(=O)(=O)N[C@@H](C(=O)N[C@@H](CCSC)C(=O)NCc2ccc(C(=N)N)cc2)C(C)O)cc1. The van der Waals surface area contributed by atoms with Gasteiger partial charge in [0.25, 0.3) is 0 Å². The van der Waals surface area contributed by atoms with Crippen molar-refractivity contribution in [2.24, 2.45) is 5.73 Å². The molecule has 0 bridgehead atoms. The molecule has 2 amide bonds. The molecular formula is C26H35N5O7S2.